The molecule has 1 fully saturated rings. The Morgan fingerprint density at radius 3 is 2.38 bits per heavy atom. The fraction of sp³-hybridized carbons (Fsp3) is 0.550. The Balaban J connectivity index is 2.08. The van der Waals surface area contributed by atoms with Crippen LogP contribution in [0.3, 0.4) is 0 Å². The molecule has 1 aromatic rings. The zero-order valence-corrected chi connectivity index (χ0v) is 17.7. The van der Waals surface area contributed by atoms with E-state index >= 15 is 0 Å². The number of hydrogen-bond donors (Lipinski definition) is 0. The molecule has 9 heteroatoms. The van der Waals surface area contributed by atoms with Gasteiger partial charge in [0.15, 0.2) is 0 Å². The summed E-state index contributed by atoms with van der Waals surface area (Å²) in [5.41, 5.74) is 0.278. The van der Waals surface area contributed by atoms with Crippen molar-refractivity contribution >= 4 is 32.4 Å². The molecule has 1 saturated heterocycles. The quantitative estimate of drug-likeness (QED) is 0.677. The smallest absolute Gasteiger partial charge is 0.330 e. The zero-order valence-electron chi connectivity index (χ0n) is 16.8. The van der Waals surface area contributed by atoms with E-state index < -0.39 is 32.8 Å². The number of fused-ring (bicyclic) bond motifs is 1. The number of nitrogens with zero attached hydrogens (tertiary/aromatic N) is 3. The van der Waals surface area contributed by atoms with Gasteiger partial charge in [-0.2, -0.15) is 5.10 Å². The number of ether oxygens (including phenoxy) is 1. The first kappa shape index (κ1) is 21.3. The van der Waals surface area contributed by atoms with Crippen LogP contribution in [0.2, 0.25) is 0 Å². The van der Waals surface area contributed by atoms with Crippen molar-refractivity contribution < 1.29 is 22.7 Å². The van der Waals surface area contributed by atoms with Crippen LogP contribution in [0, 0.1) is 0 Å². The minimum Gasteiger partial charge on any atom is -0.464 e. The van der Waals surface area contributed by atoms with Crippen molar-refractivity contribution in [2.45, 2.75) is 56.9 Å². The summed E-state index contributed by atoms with van der Waals surface area (Å²) < 4.78 is 31.6. The van der Waals surface area contributed by atoms with Crippen molar-refractivity contribution in [3.05, 3.63) is 24.3 Å². The Hall–Kier alpha value is -2.42. The number of hydrogen-bond acceptors (Lipinski definition) is 7. The Kier molecular flexibility index (Phi) is 6.56. The number of carbonyl (C=O) groups is 2. The molecule has 2 aliphatic heterocycles. The van der Waals surface area contributed by atoms with Crippen LogP contribution in [0.5, 0.6) is 0 Å². The van der Waals surface area contributed by atoms with E-state index in [1.807, 2.05) is 0 Å². The van der Waals surface area contributed by atoms with Crippen LogP contribution in [0.1, 0.15) is 46.0 Å². The average molecular weight is 422 g/mol. The molecule has 1 amide bonds. The molecule has 0 aromatic heterocycles. The summed E-state index contributed by atoms with van der Waals surface area (Å²) in [5.74, 6) is -1.11. The van der Waals surface area contributed by atoms with Crippen molar-refractivity contribution in [1.29, 1.82) is 0 Å². The summed E-state index contributed by atoms with van der Waals surface area (Å²) in [4.78, 5) is 27.2. The molecule has 158 valence electrons. The molecule has 0 radical (unpaired) electrons. The van der Waals surface area contributed by atoms with E-state index in [1.165, 1.54) is 11.1 Å². The SMILES string of the molecule is CCOC(=O)C(CC)N1N=C(C(=O)N2CCCCCC2)S(=O)(=O)c2ccccc21. The molecule has 0 bridgehead atoms. The fourth-order valence-electron chi connectivity index (χ4n) is 3.67. The molecule has 0 N–H and O–H groups in total. The van der Waals surface area contributed by atoms with Gasteiger partial charge in [0.25, 0.3) is 5.91 Å². The summed E-state index contributed by atoms with van der Waals surface area (Å²) in [5, 5.41) is 5.03. The van der Waals surface area contributed by atoms with Crippen molar-refractivity contribution in [2.24, 2.45) is 5.10 Å². The minimum absolute atomic E-state index is 0.0177. The van der Waals surface area contributed by atoms with Gasteiger partial charge in [-0.15, -0.1) is 0 Å². The van der Waals surface area contributed by atoms with E-state index in [9.17, 15) is 18.0 Å². The van der Waals surface area contributed by atoms with Gasteiger partial charge in [0.05, 0.1) is 17.2 Å². The lowest BCUT2D eigenvalue weighted by molar-refractivity contribution is -0.144. The van der Waals surface area contributed by atoms with Crippen molar-refractivity contribution in [1.82, 2.24) is 4.90 Å². The maximum Gasteiger partial charge on any atom is 0.330 e. The van der Waals surface area contributed by atoms with Crippen LogP contribution >= 0.6 is 0 Å². The third-order valence-electron chi connectivity index (χ3n) is 5.17. The molecular weight excluding hydrogens is 394 g/mol. The second kappa shape index (κ2) is 8.94. The Morgan fingerprint density at radius 2 is 1.76 bits per heavy atom. The van der Waals surface area contributed by atoms with E-state index in [0.29, 0.717) is 19.5 Å². The Morgan fingerprint density at radius 1 is 1.10 bits per heavy atom. The number of anilines is 1. The maximum atomic E-state index is 13.2. The summed E-state index contributed by atoms with van der Waals surface area (Å²) >= 11 is 0. The number of hydrazone groups is 1. The van der Waals surface area contributed by atoms with Crippen LogP contribution in [-0.2, 0) is 24.2 Å². The lowest BCUT2D eigenvalue weighted by Crippen LogP contribution is -2.47. The van der Waals surface area contributed by atoms with E-state index in [4.69, 9.17) is 4.74 Å². The molecule has 1 atom stereocenters. The largest absolute Gasteiger partial charge is 0.464 e. The highest BCUT2D eigenvalue weighted by atomic mass is 32.2. The minimum atomic E-state index is -4.09. The highest BCUT2D eigenvalue weighted by Crippen LogP contribution is 2.34. The molecular formula is C20H27N3O5S. The lowest BCUT2D eigenvalue weighted by atomic mass is 10.2. The molecule has 2 heterocycles. The zero-order chi connectivity index (χ0) is 21.0. The molecule has 1 aromatic carbocycles. The first-order valence-corrected chi connectivity index (χ1v) is 11.6. The number of rotatable bonds is 5. The molecule has 0 saturated carbocycles. The third-order valence-corrected chi connectivity index (χ3v) is 6.86. The van der Waals surface area contributed by atoms with Gasteiger partial charge in [0.2, 0.25) is 14.9 Å². The van der Waals surface area contributed by atoms with Crippen molar-refractivity contribution in [2.75, 3.05) is 24.7 Å². The molecule has 1 unspecified atom stereocenters. The second-order valence-electron chi connectivity index (χ2n) is 7.10. The van der Waals surface area contributed by atoms with Crippen LogP contribution in [-0.4, -0.2) is 56.0 Å². The number of benzene rings is 1. The second-order valence-corrected chi connectivity index (χ2v) is 8.94. The predicted octanol–water partition coefficient (Wildman–Crippen LogP) is 2.34. The van der Waals surface area contributed by atoms with E-state index in [2.05, 4.69) is 5.10 Å². The van der Waals surface area contributed by atoms with Gasteiger partial charge in [-0.05, 0) is 38.3 Å². The predicted molar refractivity (Wildman–Crippen MR) is 109 cm³/mol. The fourth-order valence-corrected chi connectivity index (χ4v) is 5.12. The first-order valence-electron chi connectivity index (χ1n) is 10.1. The van der Waals surface area contributed by atoms with Crippen LogP contribution in [0.15, 0.2) is 34.3 Å². The van der Waals surface area contributed by atoms with Crippen molar-refractivity contribution in [3.63, 3.8) is 0 Å². The normalized spacial score (nSPS) is 19.6. The third kappa shape index (κ3) is 4.14. The Bertz CT molecular complexity index is 904. The van der Waals surface area contributed by atoms with Gasteiger partial charge in [0, 0.05) is 13.1 Å². The summed E-state index contributed by atoms with van der Waals surface area (Å²) in [6, 6.07) is 5.49. The van der Waals surface area contributed by atoms with Gasteiger partial charge >= 0.3 is 5.97 Å². The maximum absolute atomic E-state index is 13.2. The van der Waals surface area contributed by atoms with E-state index in [0.717, 1.165) is 25.7 Å². The van der Waals surface area contributed by atoms with Crippen LogP contribution < -0.4 is 5.01 Å². The standard InChI is InChI=1S/C20H27N3O5S/c1-3-15(20(25)28-4-2)23-16-11-7-8-12-17(16)29(26,27)18(21-23)19(24)22-13-9-5-6-10-14-22/h7-8,11-12,15H,3-6,9-10,13-14H2,1-2H3. The molecule has 3 rings (SSSR count). The summed E-state index contributed by atoms with van der Waals surface area (Å²) in [7, 11) is -4.09. The van der Waals surface area contributed by atoms with Gasteiger partial charge in [-0.1, -0.05) is 31.9 Å². The van der Waals surface area contributed by atoms with Gasteiger partial charge in [-0.3, -0.25) is 4.79 Å². The van der Waals surface area contributed by atoms with Crippen molar-refractivity contribution in [3.8, 4) is 0 Å². The average Bonchev–Trinajstić information content (AvgIpc) is 2.99. The first-order chi connectivity index (χ1) is 13.9. The molecule has 2 aliphatic rings. The van der Waals surface area contributed by atoms with Crippen LogP contribution in [0.25, 0.3) is 0 Å². The van der Waals surface area contributed by atoms with E-state index in [-0.39, 0.29) is 17.2 Å². The van der Waals surface area contributed by atoms with E-state index in [1.54, 1.807) is 36.9 Å². The summed E-state index contributed by atoms with van der Waals surface area (Å²) in [6.45, 7) is 4.70. The van der Waals surface area contributed by atoms with Gasteiger partial charge in [-0.25, -0.2) is 18.2 Å². The topological polar surface area (TPSA) is 96.3 Å². The monoisotopic (exact) mass is 421 g/mol. The molecule has 0 aliphatic carbocycles. The Labute approximate surface area is 171 Å². The molecule has 29 heavy (non-hydrogen) atoms. The molecule has 8 nitrogen and oxygen atoms in total. The summed E-state index contributed by atoms with van der Waals surface area (Å²) in [6.07, 6.45) is 4.04. The van der Waals surface area contributed by atoms with Crippen LogP contribution in [0.4, 0.5) is 5.69 Å². The van der Waals surface area contributed by atoms with Gasteiger partial charge in [0.1, 0.15) is 6.04 Å². The lowest BCUT2D eigenvalue weighted by Gasteiger charge is -2.33. The number of sulfone groups is 1. The number of amides is 1. The number of esters is 1. The number of para-hydroxylation sites is 1. The highest BCUT2D eigenvalue weighted by molar-refractivity contribution is 8.08. The van der Waals surface area contributed by atoms with Gasteiger partial charge < -0.3 is 9.64 Å². The number of carbonyl (C=O) groups excluding carboxylic acids is 2. The molecule has 0 spiro atoms. The highest BCUT2D eigenvalue weighted by Gasteiger charge is 2.42. The number of likely N-dealkylation sites (tertiary alicyclic amines) is 1.